The van der Waals surface area contributed by atoms with Crippen LogP contribution in [0.2, 0.25) is 0 Å². The number of nitrogens with zero attached hydrogens (tertiary/aromatic N) is 3. The van der Waals surface area contributed by atoms with Crippen LogP contribution in [0.15, 0.2) is 61.4 Å². The van der Waals surface area contributed by atoms with Gasteiger partial charge in [-0.15, -0.1) is 0 Å². The van der Waals surface area contributed by atoms with E-state index < -0.39 is 11.0 Å². The van der Waals surface area contributed by atoms with Gasteiger partial charge in [0.25, 0.3) is 11.6 Å². The summed E-state index contributed by atoms with van der Waals surface area (Å²) < 4.78 is 3.63. The number of aromatic nitrogens is 2. The van der Waals surface area contributed by atoms with Crippen molar-refractivity contribution in [1.82, 2.24) is 4.57 Å². The fourth-order valence-electron chi connectivity index (χ4n) is 2.72. The molecule has 0 spiro atoms. The minimum absolute atomic E-state index is 0.137. The van der Waals surface area contributed by atoms with Gasteiger partial charge in [0.15, 0.2) is 17.1 Å². The molecule has 0 bridgehead atoms. The molecule has 1 aromatic heterocycles. The lowest BCUT2D eigenvalue weighted by Crippen LogP contribution is -2.43. The van der Waals surface area contributed by atoms with Crippen LogP contribution in [-0.2, 0) is 4.79 Å². The number of carbonyl (C=O) groups is 1. The summed E-state index contributed by atoms with van der Waals surface area (Å²) in [6, 6.07) is 13.1. The first-order valence-electron chi connectivity index (χ1n) is 7.70. The number of nitro benzene ring substituents is 1. The molecule has 7 nitrogen and oxygen atoms in total. The van der Waals surface area contributed by atoms with E-state index in [1.807, 2.05) is 28.8 Å². The highest BCUT2D eigenvalue weighted by Gasteiger charge is 2.26. The molecule has 1 heterocycles. The van der Waals surface area contributed by atoms with Gasteiger partial charge in [0, 0.05) is 6.07 Å². The third-order valence-corrected chi connectivity index (χ3v) is 4.04. The van der Waals surface area contributed by atoms with Gasteiger partial charge in [0.1, 0.15) is 5.69 Å². The minimum Gasteiger partial charge on any atom is -0.317 e. The third kappa shape index (κ3) is 2.99. The number of hydrogen-bond acceptors (Lipinski definition) is 3. The normalized spacial score (nSPS) is 11.9. The Morgan fingerprint density at radius 2 is 1.96 bits per heavy atom. The van der Waals surface area contributed by atoms with Gasteiger partial charge >= 0.3 is 0 Å². The van der Waals surface area contributed by atoms with Crippen molar-refractivity contribution in [1.29, 1.82) is 0 Å². The molecule has 1 atom stereocenters. The van der Waals surface area contributed by atoms with Crippen LogP contribution >= 0.6 is 0 Å². The summed E-state index contributed by atoms with van der Waals surface area (Å²) in [5.41, 5.74) is 1.83. The molecule has 3 aromatic rings. The molecular formula is C18H17N4O3+. The van der Waals surface area contributed by atoms with Crippen molar-refractivity contribution < 1.29 is 14.3 Å². The molecular weight excluding hydrogens is 320 g/mol. The van der Waals surface area contributed by atoms with Gasteiger partial charge < -0.3 is 5.32 Å². The van der Waals surface area contributed by atoms with E-state index in [1.165, 1.54) is 12.1 Å². The first-order valence-corrected chi connectivity index (χ1v) is 7.70. The van der Waals surface area contributed by atoms with Gasteiger partial charge in [-0.2, -0.15) is 0 Å². The SMILES string of the molecule is C=Cn1c[n+]([C@@H](C)C(=O)Nc2ccccc2[N+](=O)[O-])c2ccccc21. The molecule has 0 radical (unpaired) electrons. The average Bonchev–Trinajstić information content (AvgIpc) is 3.00. The van der Waals surface area contributed by atoms with E-state index in [1.54, 1.807) is 36.2 Å². The van der Waals surface area contributed by atoms with Gasteiger partial charge in [-0.3, -0.25) is 14.9 Å². The van der Waals surface area contributed by atoms with Crippen molar-refractivity contribution in [3.8, 4) is 0 Å². The molecule has 3 rings (SSSR count). The summed E-state index contributed by atoms with van der Waals surface area (Å²) >= 11 is 0. The summed E-state index contributed by atoms with van der Waals surface area (Å²) in [6.45, 7) is 5.51. The minimum atomic E-state index is -0.564. The van der Waals surface area contributed by atoms with E-state index in [2.05, 4.69) is 11.9 Å². The predicted octanol–water partition coefficient (Wildman–Crippen LogP) is 3.14. The number of fused-ring (bicyclic) bond motifs is 1. The van der Waals surface area contributed by atoms with E-state index >= 15 is 0 Å². The number of benzene rings is 2. The van der Waals surface area contributed by atoms with E-state index in [0.29, 0.717) is 0 Å². The molecule has 0 saturated carbocycles. The second-order valence-corrected chi connectivity index (χ2v) is 5.54. The Bertz CT molecular complexity index is 977. The Kier molecular flexibility index (Phi) is 4.30. The van der Waals surface area contributed by atoms with Crippen molar-refractivity contribution in [2.45, 2.75) is 13.0 Å². The Hall–Kier alpha value is -3.48. The van der Waals surface area contributed by atoms with Gasteiger partial charge in [0.05, 0.1) is 11.1 Å². The fraction of sp³-hybridized carbons (Fsp3) is 0.111. The molecule has 0 aliphatic rings. The molecule has 0 aliphatic carbocycles. The summed E-state index contributed by atoms with van der Waals surface area (Å²) in [7, 11) is 0. The first-order chi connectivity index (χ1) is 12.0. The lowest BCUT2D eigenvalue weighted by Gasteiger charge is -2.10. The zero-order valence-corrected chi connectivity index (χ0v) is 13.6. The predicted molar refractivity (Wildman–Crippen MR) is 95.0 cm³/mol. The number of carbonyl (C=O) groups excluding carboxylic acids is 1. The Labute approximate surface area is 144 Å². The lowest BCUT2D eigenvalue weighted by atomic mass is 10.2. The zero-order valence-electron chi connectivity index (χ0n) is 13.6. The van der Waals surface area contributed by atoms with E-state index in [0.717, 1.165) is 11.0 Å². The quantitative estimate of drug-likeness (QED) is 0.441. The number of para-hydroxylation sites is 4. The zero-order chi connectivity index (χ0) is 18.0. The molecule has 25 heavy (non-hydrogen) atoms. The maximum atomic E-state index is 12.6. The maximum absolute atomic E-state index is 12.6. The highest BCUT2D eigenvalue weighted by Crippen LogP contribution is 2.24. The van der Waals surface area contributed by atoms with Crippen LogP contribution in [-0.4, -0.2) is 15.4 Å². The summed E-state index contributed by atoms with van der Waals surface area (Å²) in [6.07, 6.45) is 3.44. The average molecular weight is 337 g/mol. The summed E-state index contributed by atoms with van der Waals surface area (Å²) in [4.78, 5) is 23.2. The fourth-order valence-corrected chi connectivity index (χ4v) is 2.72. The molecule has 0 aliphatic heterocycles. The smallest absolute Gasteiger partial charge is 0.292 e. The Balaban J connectivity index is 1.94. The van der Waals surface area contributed by atoms with Crippen molar-refractivity contribution >= 4 is 34.5 Å². The number of anilines is 1. The monoisotopic (exact) mass is 337 g/mol. The number of hydrogen-bond donors (Lipinski definition) is 1. The van der Waals surface area contributed by atoms with Crippen molar-refractivity contribution in [2.75, 3.05) is 5.32 Å². The van der Waals surface area contributed by atoms with E-state index in [-0.39, 0.29) is 17.3 Å². The Morgan fingerprint density at radius 1 is 1.28 bits per heavy atom. The van der Waals surface area contributed by atoms with Crippen LogP contribution in [0.5, 0.6) is 0 Å². The number of imidazole rings is 1. The third-order valence-electron chi connectivity index (χ3n) is 4.04. The van der Waals surface area contributed by atoms with Crippen molar-refractivity contribution in [3.05, 3.63) is 71.6 Å². The van der Waals surface area contributed by atoms with Crippen LogP contribution < -0.4 is 9.88 Å². The van der Waals surface area contributed by atoms with Crippen LogP contribution in [0.1, 0.15) is 13.0 Å². The topological polar surface area (TPSA) is 81.0 Å². The maximum Gasteiger partial charge on any atom is 0.292 e. The highest BCUT2D eigenvalue weighted by molar-refractivity contribution is 5.94. The van der Waals surface area contributed by atoms with Crippen LogP contribution in [0.4, 0.5) is 11.4 Å². The van der Waals surface area contributed by atoms with Crippen LogP contribution in [0, 0.1) is 10.1 Å². The lowest BCUT2D eigenvalue weighted by molar-refractivity contribution is -0.680. The molecule has 7 heteroatoms. The van der Waals surface area contributed by atoms with Crippen molar-refractivity contribution in [3.63, 3.8) is 0 Å². The van der Waals surface area contributed by atoms with Gasteiger partial charge in [-0.1, -0.05) is 30.8 Å². The van der Waals surface area contributed by atoms with Crippen LogP contribution in [0.3, 0.4) is 0 Å². The molecule has 1 N–H and O–H groups in total. The molecule has 0 fully saturated rings. The molecule has 126 valence electrons. The Morgan fingerprint density at radius 3 is 2.68 bits per heavy atom. The number of nitrogens with one attached hydrogen (secondary N) is 1. The largest absolute Gasteiger partial charge is 0.317 e. The standard InChI is InChI=1S/C18H16N4O3/c1-3-20-12-21(17-11-7-6-10-16(17)20)13(2)18(23)19-14-8-4-5-9-15(14)22(24)25/h3-13H,1H2,2H3/p+1/t13-/m0/s1. The van der Waals surface area contributed by atoms with Gasteiger partial charge in [-0.05, 0) is 25.1 Å². The first kappa shape index (κ1) is 16.4. The summed E-state index contributed by atoms with van der Waals surface area (Å²) in [5.74, 6) is -0.341. The van der Waals surface area contributed by atoms with E-state index in [9.17, 15) is 14.9 Å². The van der Waals surface area contributed by atoms with E-state index in [4.69, 9.17) is 0 Å². The molecule has 2 aromatic carbocycles. The molecule has 0 saturated heterocycles. The van der Waals surface area contributed by atoms with Gasteiger partial charge in [-0.25, -0.2) is 9.13 Å². The molecule has 0 unspecified atom stereocenters. The number of rotatable bonds is 5. The summed E-state index contributed by atoms with van der Waals surface area (Å²) in [5, 5.41) is 13.7. The number of amides is 1. The van der Waals surface area contributed by atoms with Gasteiger partial charge in [0.2, 0.25) is 6.33 Å². The number of nitro groups is 1. The van der Waals surface area contributed by atoms with Crippen LogP contribution in [0.25, 0.3) is 17.2 Å². The van der Waals surface area contributed by atoms with Crippen molar-refractivity contribution in [2.24, 2.45) is 0 Å². The molecule has 1 amide bonds. The highest BCUT2D eigenvalue weighted by atomic mass is 16.6. The second kappa shape index (κ2) is 6.56. The second-order valence-electron chi connectivity index (χ2n) is 5.54.